The number of carbonyl (C=O) groups excluding carboxylic acids is 3. The van der Waals surface area contributed by atoms with E-state index < -0.39 is 47.6 Å². The van der Waals surface area contributed by atoms with Crippen LogP contribution in [0.3, 0.4) is 0 Å². The molecule has 0 unspecified atom stereocenters. The van der Waals surface area contributed by atoms with E-state index in [0.717, 1.165) is 4.90 Å². The number of rotatable bonds is 6. The highest BCUT2D eigenvalue weighted by atomic mass is 16.5. The lowest BCUT2D eigenvalue weighted by molar-refractivity contribution is -0.162. The molecule has 0 spiro atoms. The first-order valence-corrected chi connectivity index (χ1v) is 9.72. The average Bonchev–Trinajstić information content (AvgIpc) is 3.21. The monoisotopic (exact) mass is 414 g/mol. The molecule has 2 amide bonds. The lowest BCUT2D eigenvalue weighted by Gasteiger charge is -2.32. The Morgan fingerprint density at radius 2 is 1.52 bits per heavy atom. The fourth-order valence-corrected chi connectivity index (χ4v) is 3.68. The summed E-state index contributed by atoms with van der Waals surface area (Å²) in [5.41, 5.74) is -1.22. The van der Waals surface area contributed by atoms with Gasteiger partial charge in [-0.05, 0) is 13.8 Å². The predicted octanol–water partition coefficient (Wildman–Crippen LogP) is -0.780. The van der Waals surface area contributed by atoms with Crippen molar-refractivity contribution in [3.05, 3.63) is 0 Å². The van der Waals surface area contributed by atoms with Crippen LogP contribution in [0.1, 0.15) is 40.5 Å². The third kappa shape index (κ3) is 5.05. The van der Waals surface area contributed by atoms with Gasteiger partial charge in [0.1, 0.15) is 18.7 Å². The molecule has 29 heavy (non-hydrogen) atoms. The molecule has 10 heteroatoms. The van der Waals surface area contributed by atoms with Gasteiger partial charge < -0.3 is 29.9 Å². The van der Waals surface area contributed by atoms with Gasteiger partial charge in [0.2, 0.25) is 11.8 Å². The molecule has 2 aliphatic heterocycles. The molecule has 3 N–H and O–H groups in total. The van der Waals surface area contributed by atoms with Crippen molar-refractivity contribution < 1.29 is 39.2 Å². The van der Waals surface area contributed by atoms with Crippen molar-refractivity contribution in [3.8, 4) is 0 Å². The van der Waals surface area contributed by atoms with E-state index in [1.54, 1.807) is 13.8 Å². The van der Waals surface area contributed by atoms with Crippen LogP contribution in [0, 0.1) is 11.3 Å². The summed E-state index contributed by atoms with van der Waals surface area (Å²) in [4.78, 5) is 51.4. The van der Waals surface area contributed by atoms with Gasteiger partial charge in [0.15, 0.2) is 0 Å². The van der Waals surface area contributed by atoms with E-state index in [-0.39, 0.29) is 44.4 Å². The Hall–Kier alpha value is -2.20. The van der Waals surface area contributed by atoms with E-state index in [9.17, 15) is 34.5 Å². The summed E-state index contributed by atoms with van der Waals surface area (Å²) in [6.45, 7) is 6.06. The largest absolute Gasteiger partial charge is 0.480 e. The molecule has 164 valence electrons. The summed E-state index contributed by atoms with van der Waals surface area (Å²) < 4.78 is 5.30. The highest BCUT2D eigenvalue weighted by Gasteiger charge is 2.45. The number of aliphatic hydroxyl groups is 2. The molecule has 0 radical (unpaired) electrons. The molecule has 2 aliphatic rings. The zero-order valence-electron chi connectivity index (χ0n) is 17.2. The second kappa shape index (κ2) is 8.66. The number of aliphatic hydroxyl groups excluding tert-OH is 2. The van der Waals surface area contributed by atoms with Crippen LogP contribution >= 0.6 is 0 Å². The third-order valence-corrected chi connectivity index (χ3v) is 5.31. The third-order valence-electron chi connectivity index (χ3n) is 5.31. The van der Waals surface area contributed by atoms with E-state index in [1.165, 1.54) is 18.7 Å². The van der Waals surface area contributed by atoms with Crippen molar-refractivity contribution >= 4 is 23.8 Å². The zero-order valence-corrected chi connectivity index (χ0v) is 17.2. The van der Waals surface area contributed by atoms with Crippen molar-refractivity contribution in [2.24, 2.45) is 11.3 Å². The first-order chi connectivity index (χ1) is 13.3. The summed E-state index contributed by atoms with van der Waals surface area (Å²) in [6.07, 6.45) is -1.74. The van der Waals surface area contributed by atoms with Gasteiger partial charge in [-0.15, -0.1) is 0 Å². The van der Waals surface area contributed by atoms with Crippen molar-refractivity contribution in [1.29, 1.82) is 0 Å². The van der Waals surface area contributed by atoms with Crippen molar-refractivity contribution in [2.45, 2.75) is 64.8 Å². The molecule has 0 aromatic heterocycles. The molecular formula is C19H30N2O8. The molecule has 0 aromatic rings. The Balaban J connectivity index is 2.03. The van der Waals surface area contributed by atoms with E-state index in [1.807, 2.05) is 0 Å². The summed E-state index contributed by atoms with van der Waals surface area (Å²) in [5, 5.41) is 28.9. The number of hydrogen-bond acceptors (Lipinski definition) is 7. The number of β-amino-alcohol motifs (C(OH)–C–C–N with tert-alkyl or cyclic N) is 2. The van der Waals surface area contributed by atoms with Gasteiger partial charge in [0.05, 0.1) is 17.6 Å². The first-order valence-electron chi connectivity index (χ1n) is 9.72. The van der Waals surface area contributed by atoms with Crippen LogP contribution in [0.25, 0.3) is 0 Å². The smallest absolute Gasteiger partial charge is 0.328 e. The van der Waals surface area contributed by atoms with Gasteiger partial charge in [0, 0.05) is 31.8 Å². The summed E-state index contributed by atoms with van der Waals surface area (Å²) in [5.74, 6) is -3.08. The minimum absolute atomic E-state index is 0.0467. The highest BCUT2D eigenvalue weighted by Crippen LogP contribution is 2.28. The van der Waals surface area contributed by atoms with Crippen molar-refractivity contribution in [2.75, 3.05) is 19.7 Å². The molecule has 2 heterocycles. The predicted molar refractivity (Wildman–Crippen MR) is 99.5 cm³/mol. The van der Waals surface area contributed by atoms with Gasteiger partial charge >= 0.3 is 11.9 Å². The standard InChI is InChI=1S/C19H30N2O8/c1-10(2)15(24)20-7-12(23)6-14(20)17(27)29-9-19(3,4)18(28)21-8-11(22)5-13(21)16(25)26/h10-14,22-23H,5-9H2,1-4H3,(H,25,26)/t11-,12+,13-,14+/m1/s1. The molecular weight excluding hydrogens is 384 g/mol. The number of likely N-dealkylation sites (tertiary alicyclic amines) is 2. The van der Waals surface area contributed by atoms with E-state index >= 15 is 0 Å². The molecule has 0 bridgehead atoms. The van der Waals surface area contributed by atoms with E-state index in [0.29, 0.717) is 0 Å². The lowest BCUT2D eigenvalue weighted by Crippen LogP contribution is -2.49. The zero-order chi connectivity index (χ0) is 22.1. The molecule has 0 aromatic carbocycles. The SMILES string of the molecule is CC(C)C(=O)N1C[C@@H](O)C[C@H]1C(=O)OCC(C)(C)C(=O)N1C[C@H](O)C[C@@H]1C(=O)O. The van der Waals surface area contributed by atoms with Gasteiger partial charge in [-0.1, -0.05) is 13.8 Å². The maximum atomic E-state index is 12.8. The van der Waals surface area contributed by atoms with Gasteiger partial charge in [0.25, 0.3) is 0 Å². The van der Waals surface area contributed by atoms with Gasteiger partial charge in [-0.2, -0.15) is 0 Å². The van der Waals surface area contributed by atoms with Crippen LogP contribution in [0.5, 0.6) is 0 Å². The second-order valence-corrected chi connectivity index (χ2v) is 8.74. The molecule has 2 fully saturated rings. The highest BCUT2D eigenvalue weighted by molar-refractivity contribution is 5.89. The van der Waals surface area contributed by atoms with E-state index in [2.05, 4.69) is 0 Å². The topological polar surface area (TPSA) is 145 Å². The minimum atomic E-state index is -1.22. The number of nitrogens with zero attached hydrogens (tertiary/aromatic N) is 2. The minimum Gasteiger partial charge on any atom is -0.480 e. The van der Waals surface area contributed by atoms with Crippen LogP contribution in [0.4, 0.5) is 0 Å². The van der Waals surface area contributed by atoms with Crippen LogP contribution in [-0.2, 0) is 23.9 Å². The Bertz CT molecular complexity index is 677. The number of carboxylic acid groups (broad SMARTS) is 1. The summed E-state index contributed by atoms with van der Waals surface area (Å²) in [7, 11) is 0. The number of hydrogen-bond donors (Lipinski definition) is 3. The maximum Gasteiger partial charge on any atom is 0.328 e. The van der Waals surface area contributed by atoms with Gasteiger partial charge in [-0.3, -0.25) is 9.59 Å². The fraction of sp³-hybridized carbons (Fsp3) is 0.789. The van der Waals surface area contributed by atoms with Crippen molar-refractivity contribution in [1.82, 2.24) is 9.80 Å². The molecule has 0 aliphatic carbocycles. The number of amides is 2. The van der Waals surface area contributed by atoms with Crippen LogP contribution in [0.15, 0.2) is 0 Å². The number of esters is 1. The number of carbonyl (C=O) groups is 4. The van der Waals surface area contributed by atoms with Crippen molar-refractivity contribution in [3.63, 3.8) is 0 Å². The number of aliphatic carboxylic acids is 1. The Morgan fingerprint density at radius 1 is 1.00 bits per heavy atom. The number of ether oxygens (including phenoxy) is 1. The fourth-order valence-electron chi connectivity index (χ4n) is 3.68. The molecule has 0 saturated carbocycles. The van der Waals surface area contributed by atoms with Crippen LogP contribution < -0.4 is 0 Å². The van der Waals surface area contributed by atoms with Crippen LogP contribution in [0.2, 0.25) is 0 Å². The lowest BCUT2D eigenvalue weighted by atomic mass is 9.92. The average molecular weight is 414 g/mol. The Kier molecular flexibility index (Phi) is 6.89. The summed E-state index contributed by atoms with van der Waals surface area (Å²) in [6, 6.07) is -2.05. The molecule has 2 saturated heterocycles. The van der Waals surface area contributed by atoms with Crippen LogP contribution in [-0.4, -0.2) is 92.9 Å². The van der Waals surface area contributed by atoms with Gasteiger partial charge in [-0.25, -0.2) is 9.59 Å². The quantitative estimate of drug-likeness (QED) is 0.480. The normalized spacial score (nSPS) is 27.4. The Morgan fingerprint density at radius 3 is 2.03 bits per heavy atom. The maximum absolute atomic E-state index is 12.8. The molecule has 2 rings (SSSR count). The second-order valence-electron chi connectivity index (χ2n) is 8.74. The first kappa shape index (κ1) is 23.1. The number of carboxylic acids is 1. The molecule has 10 nitrogen and oxygen atoms in total. The Labute approximate surface area is 169 Å². The molecule has 4 atom stereocenters. The van der Waals surface area contributed by atoms with E-state index in [4.69, 9.17) is 4.74 Å². The summed E-state index contributed by atoms with van der Waals surface area (Å²) >= 11 is 0.